The lowest BCUT2D eigenvalue weighted by Crippen LogP contribution is -2.46. The summed E-state index contributed by atoms with van der Waals surface area (Å²) in [5, 5.41) is 15.8. The molecule has 2 atom stereocenters. The number of piperazine rings is 1. The van der Waals surface area contributed by atoms with Crippen LogP contribution >= 0.6 is 15.9 Å². The lowest BCUT2D eigenvalue weighted by Gasteiger charge is -2.28. The topological polar surface area (TPSA) is 83.0 Å². The zero-order valence-corrected chi connectivity index (χ0v) is 12.3. The van der Waals surface area contributed by atoms with E-state index in [2.05, 4.69) is 31.2 Å². The van der Waals surface area contributed by atoms with Gasteiger partial charge in [-0.1, -0.05) is 0 Å². The predicted molar refractivity (Wildman–Crippen MR) is 77.8 cm³/mol. The van der Waals surface area contributed by atoms with Gasteiger partial charge >= 0.3 is 0 Å². The molecule has 3 rings (SSSR count). The van der Waals surface area contributed by atoms with Gasteiger partial charge in [0.05, 0.1) is 16.4 Å². The highest BCUT2D eigenvalue weighted by Crippen LogP contribution is 2.24. The number of aromatic nitrogens is 2. The fraction of sp³-hybridized carbons (Fsp3) is 0.500. The summed E-state index contributed by atoms with van der Waals surface area (Å²) in [5.41, 5.74) is 6.97. The molecule has 1 aromatic heterocycles. The first kappa shape index (κ1) is 12.7. The van der Waals surface area contributed by atoms with Crippen molar-refractivity contribution >= 4 is 27.6 Å². The first-order valence-electron chi connectivity index (χ1n) is 6.32. The largest absolute Gasteiger partial charge is 0.384 e. The molecule has 0 unspecified atom stereocenters. The van der Waals surface area contributed by atoms with Gasteiger partial charge in [-0.15, -0.1) is 0 Å². The number of likely N-dealkylation sites (tertiary alicyclic amines) is 1. The van der Waals surface area contributed by atoms with Gasteiger partial charge in [0.2, 0.25) is 0 Å². The van der Waals surface area contributed by atoms with Gasteiger partial charge in [0.1, 0.15) is 11.7 Å². The minimum atomic E-state index is 0.437. The van der Waals surface area contributed by atoms with Crippen molar-refractivity contribution < 1.29 is 0 Å². The molecule has 2 aliphatic heterocycles. The van der Waals surface area contributed by atoms with Gasteiger partial charge in [0.25, 0.3) is 0 Å². The first-order chi connectivity index (χ1) is 9.06. The Balaban J connectivity index is 1.78. The predicted octanol–water partition coefficient (Wildman–Crippen LogP) is 0.734. The second kappa shape index (κ2) is 4.64. The third kappa shape index (κ3) is 2.17. The van der Waals surface area contributed by atoms with Crippen LogP contribution in [0, 0.1) is 12.3 Å². The molecule has 3 heterocycles. The molecule has 0 saturated carbocycles. The first-order valence-corrected chi connectivity index (χ1v) is 7.12. The average Bonchev–Trinajstić information content (AvgIpc) is 3.06. The minimum absolute atomic E-state index is 0.437. The molecule has 6 nitrogen and oxygen atoms in total. The van der Waals surface area contributed by atoms with Crippen LogP contribution in [-0.4, -0.2) is 45.7 Å². The molecule has 0 aromatic carbocycles. The molecule has 0 radical (unpaired) electrons. The third-order valence-corrected chi connectivity index (χ3v) is 4.62. The Bertz CT molecular complexity index is 548. The summed E-state index contributed by atoms with van der Waals surface area (Å²) in [6, 6.07) is 0.965. The number of nitrogens with two attached hydrogens (primary N) is 1. The minimum Gasteiger partial charge on any atom is -0.384 e. The van der Waals surface area contributed by atoms with E-state index in [1.807, 2.05) is 6.92 Å². The van der Waals surface area contributed by atoms with E-state index in [0.717, 1.165) is 29.7 Å². The van der Waals surface area contributed by atoms with Crippen LogP contribution in [0.3, 0.4) is 0 Å². The van der Waals surface area contributed by atoms with E-state index in [1.165, 1.54) is 0 Å². The fourth-order valence-corrected chi connectivity index (χ4v) is 3.05. The van der Waals surface area contributed by atoms with Gasteiger partial charge < -0.3 is 16.0 Å². The van der Waals surface area contributed by atoms with Crippen molar-refractivity contribution in [3.05, 3.63) is 22.4 Å². The number of hydrogen-bond donors (Lipinski definition) is 3. The van der Waals surface area contributed by atoms with E-state index in [4.69, 9.17) is 11.1 Å². The van der Waals surface area contributed by atoms with E-state index in [9.17, 15) is 0 Å². The quantitative estimate of drug-likeness (QED) is 0.553. The summed E-state index contributed by atoms with van der Waals surface area (Å²) >= 11 is 3.40. The van der Waals surface area contributed by atoms with Crippen LogP contribution in [0.15, 0.2) is 16.7 Å². The molecule has 1 aromatic rings. The maximum absolute atomic E-state index is 8.19. The summed E-state index contributed by atoms with van der Waals surface area (Å²) in [7, 11) is 0. The highest BCUT2D eigenvalue weighted by atomic mass is 79.9. The number of amidine groups is 1. The second-order valence-corrected chi connectivity index (χ2v) is 5.95. The molecule has 7 heteroatoms. The smallest absolute Gasteiger partial charge is 0.128 e. The zero-order chi connectivity index (χ0) is 13.6. The Morgan fingerprint density at radius 2 is 2.47 bits per heavy atom. The monoisotopic (exact) mass is 324 g/mol. The Hall–Kier alpha value is -1.34. The maximum Gasteiger partial charge on any atom is 0.128 e. The number of nitrogens with zero attached hydrogens (tertiary/aromatic N) is 3. The molecule has 4 N–H and O–H groups in total. The lowest BCUT2D eigenvalue weighted by molar-refractivity contribution is 0.344. The number of nitrogens with one attached hydrogen (secondary N) is 2. The van der Waals surface area contributed by atoms with Gasteiger partial charge in [-0.25, -0.2) is 4.68 Å². The normalized spacial score (nSPS) is 26.2. The molecule has 2 aliphatic rings. The van der Waals surface area contributed by atoms with Gasteiger partial charge in [-0.3, -0.25) is 5.41 Å². The standard InChI is InChI=1S/C12H17BrN6/c1-7-10(13)5-17-19(7)12(15)3-11(14)18-6-8-2-9(18)4-16-8/h3,5,8-9,14,16H,2,4,6,15H2,1H3/b12-3-,14-11?/t8-,9-/m0/s1. The van der Waals surface area contributed by atoms with E-state index in [-0.39, 0.29) is 0 Å². The van der Waals surface area contributed by atoms with Crippen molar-refractivity contribution in [2.24, 2.45) is 5.73 Å². The molecule has 2 saturated heterocycles. The molecule has 2 bridgehead atoms. The summed E-state index contributed by atoms with van der Waals surface area (Å²) in [6.45, 7) is 3.80. The molecular weight excluding hydrogens is 308 g/mol. The molecule has 0 aliphatic carbocycles. The number of rotatable bonds is 2. The third-order valence-electron chi connectivity index (χ3n) is 3.85. The lowest BCUT2D eigenvalue weighted by atomic mass is 10.2. The van der Waals surface area contributed by atoms with Crippen LogP contribution in [0.2, 0.25) is 0 Å². The van der Waals surface area contributed by atoms with Crippen LogP contribution in [-0.2, 0) is 0 Å². The van der Waals surface area contributed by atoms with E-state index in [0.29, 0.717) is 23.7 Å². The van der Waals surface area contributed by atoms with E-state index < -0.39 is 0 Å². The van der Waals surface area contributed by atoms with Gasteiger partial charge in [0, 0.05) is 31.2 Å². The summed E-state index contributed by atoms with van der Waals surface area (Å²) in [5.74, 6) is 0.946. The Morgan fingerprint density at radius 1 is 1.68 bits per heavy atom. The van der Waals surface area contributed by atoms with Crippen LogP contribution < -0.4 is 11.1 Å². The number of hydrogen-bond acceptors (Lipinski definition) is 4. The Kier molecular flexibility index (Phi) is 3.10. The van der Waals surface area contributed by atoms with Crippen molar-refractivity contribution in [1.29, 1.82) is 5.41 Å². The molecule has 19 heavy (non-hydrogen) atoms. The fourth-order valence-electron chi connectivity index (χ4n) is 2.79. The van der Waals surface area contributed by atoms with Gasteiger partial charge in [-0.2, -0.15) is 5.10 Å². The van der Waals surface area contributed by atoms with Crippen LogP contribution in [0.25, 0.3) is 5.82 Å². The van der Waals surface area contributed by atoms with Crippen molar-refractivity contribution in [3.8, 4) is 0 Å². The van der Waals surface area contributed by atoms with Crippen LogP contribution in [0.4, 0.5) is 0 Å². The Morgan fingerprint density at radius 3 is 3.00 bits per heavy atom. The second-order valence-electron chi connectivity index (χ2n) is 5.09. The molecule has 102 valence electrons. The summed E-state index contributed by atoms with van der Waals surface area (Å²) in [4.78, 5) is 2.11. The number of halogens is 1. The van der Waals surface area contributed by atoms with E-state index in [1.54, 1.807) is 17.0 Å². The molecule has 2 fully saturated rings. The van der Waals surface area contributed by atoms with Crippen LogP contribution in [0.5, 0.6) is 0 Å². The zero-order valence-electron chi connectivity index (χ0n) is 10.7. The van der Waals surface area contributed by atoms with Crippen molar-refractivity contribution in [2.45, 2.75) is 25.4 Å². The van der Waals surface area contributed by atoms with Crippen LogP contribution in [0.1, 0.15) is 12.1 Å². The highest BCUT2D eigenvalue weighted by molar-refractivity contribution is 9.10. The van der Waals surface area contributed by atoms with Gasteiger partial charge in [0.15, 0.2) is 0 Å². The Labute approximate surface area is 120 Å². The number of fused-ring (bicyclic) bond motifs is 2. The molecule has 0 amide bonds. The average molecular weight is 325 g/mol. The SMILES string of the molecule is Cc1c(Br)cnn1/C(N)=C\C(=N)N1C[C@@H]2C[C@H]1CN2. The molecule has 0 spiro atoms. The summed E-state index contributed by atoms with van der Waals surface area (Å²) in [6.07, 6.45) is 4.52. The maximum atomic E-state index is 8.19. The molecular formula is C12H17BrN6. The summed E-state index contributed by atoms with van der Waals surface area (Å²) < 4.78 is 2.56. The van der Waals surface area contributed by atoms with Gasteiger partial charge in [-0.05, 0) is 29.3 Å². The van der Waals surface area contributed by atoms with E-state index >= 15 is 0 Å². The highest BCUT2D eigenvalue weighted by Gasteiger charge is 2.38. The van der Waals surface area contributed by atoms with Crippen molar-refractivity contribution in [3.63, 3.8) is 0 Å². The van der Waals surface area contributed by atoms with Crippen molar-refractivity contribution in [1.82, 2.24) is 20.0 Å². The van der Waals surface area contributed by atoms with Crippen molar-refractivity contribution in [2.75, 3.05) is 13.1 Å².